The summed E-state index contributed by atoms with van der Waals surface area (Å²) in [5.41, 5.74) is 0. The first-order chi connectivity index (χ1) is 8.51. The second-order valence-electron chi connectivity index (χ2n) is 4.41. The molecule has 5 heteroatoms. The molecule has 1 aliphatic rings. The van der Waals surface area contributed by atoms with E-state index in [1.165, 1.54) is 20.3 Å². The van der Waals surface area contributed by atoms with Crippen molar-refractivity contribution in [2.45, 2.75) is 19.8 Å². The van der Waals surface area contributed by atoms with Gasteiger partial charge in [0.25, 0.3) is 0 Å². The smallest absolute Gasteiger partial charge is 0.330 e. The summed E-state index contributed by atoms with van der Waals surface area (Å²) in [7, 11) is 2.58. The summed E-state index contributed by atoms with van der Waals surface area (Å²) in [5.74, 6) is -1.87. The van der Waals surface area contributed by atoms with Crippen molar-refractivity contribution in [3.63, 3.8) is 0 Å². The Morgan fingerprint density at radius 2 is 2.00 bits per heavy atom. The average Bonchev–Trinajstić information content (AvgIpc) is 2.76. The fourth-order valence-electron chi connectivity index (χ4n) is 2.31. The largest absolute Gasteiger partial charge is 0.468 e. The molecule has 100 valence electrons. The quantitative estimate of drug-likeness (QED) is 0.427. The summed E-state index contributed by atoms with van der Waals surface area (Å²) in [4.78, 5) is 34.2. The van der Waals surface area contributed by atoms with Crippen molar-refractivity contribution >= 4 is 17.7 Å². The van der Waals surface area contributed by atoms with E-state index in [0.29, 0.717) is 12.8 Å². The van der Waals surface area contributed by atoms with Gasteiger partial charge in [0.05, 0.1) is 14.2 Å². The highest BCUT2D eigenvalue weighted by molar-refractivity contribution is 6.00. The highest BCUT2D eigenvalue weighted by atomic mass is 16.5. The molecule has 0 radical (unpaired) electrons. The Hall–Kier alpha value is -1.65. The summed E-state index contributed by atoms with van der Waals surface area (Å²) in [5, 5.41) is 0. The van der Waals surface area contributed by atoms with Gasteiger partial charge in [-0.1, -0.05) is 13.0 Å². The van der Waals surface area contributed by atoms with E-state index in [9.17, 15) is 14.4 Å². The molecule has 0 aromatic heterocycles. The van der Waals surface area contributed by atoms with Gasteiger partial charge in [-0.3, -0.25) is 9.59 Å². The first kappa shape index (κ1) is 14.4. The fraction of sp³-hybridized carbons (Fsp3) is 0.615. The van der Waals surface area contributed by atoms with Gasteiger partial charge in [0, 0.05) is 12.5 Å². The highest BCUT2D eigenvalue weighted by Gasteiger charge is 2.42. The molecule has 0 aromatic rings. The second-order valence-corrected chi connectivity index (χ2v) is 4.41. The van der Waals surface area contributed by atoms with Crippen molar-refractivity contribution < 1.29 is 23.9 Å². The van der Waals surface area contributed by atoms with E-state index in [0.717, 1.165) is 0 Å². The van der Waals surface area contributed by atoms with Gasteiger partial charge in [-0.05, 0) is 18.3 Å². The van der Waals surface area contributed by atoms with Gasteiger partial charge in [0.1, 0.15) is 11.7 Å². The standard InChI is InChI=1S/C13H18O5/c1-8(4-7-11(15)17-2)9-5-6-10(14)12(9)13(16)18-3/h4,7-9,12H,5-6H2,1-3H3/b7-4+/t8-,9+,12+/m1/s1. The first-order valence-corrected chi connectivity index (χ1v) is 5.88. The summed E-state index contributed by atoms with van der Waals surface area (Å²) in [6.07, 6.45) is 4.03. The molecule has 0 aliphatic heterocycles. The van der Waals surface area contributed by atoms with Crippen LogP contribution in [0.1, 0.15) is 19.8 Å². The molecule has 1 rings (SSSR count). The molecule has 1 fully saturated rings. The molecule has 0 saturated heterocycles. The lowest BCUT2D eigenvalue weighted by molar-refractivity contribution is -0.150. The van der Waals surface area contributed by atoms with Gasteiger partial charge in [-0.2, -0.15) is 0 Å². The van der Waals surface area contributed by atoms with Gasteiger partial charge in [0.2, 0.25) is 0 Å². The van der Waals surface area contributed by atoms with Crippen LogP contribution in [0.25, 0.3) is 0 Å². The maximum atomic E-state index is 11.7. The lowest BCUT2D eigenvalue weighted by Crippen LogP contribution is -2.29. The van der Waals surface area contributed by atoms with Gasteiger partial charge in [0.15, 0.2) is 0 Å². The molecule has 0 N–H and O–H groups in total. The van der Waals surface area contributed by atoms with Crippen molar-refractivity contribution in [1.82, 2.24) is 0 Å². The van der Waals surface area contributed by atoms with E-state index in [1.54, 1.807) is 6.08 Å². The number of esters is 2. The van der Waals surface area contributed by atoms with Crippen LogP contribution in [0.5, 0.6) is 0 Å². The third-order valence-electron chi connectivity index (χ3n) is 3.37. The Morgan fingerprint density at radius 1 is 1.33 bits per heavy atom. The van der Waals surface area contributed by atoms with Gasteiger partial charge >= 0.3 is 11.9 Å². The molecule has 0 unspecified atom stereocenters. The molecule has 0 bridgehead atoms. The number of hydrogen-bond acceptors (Lipinski definition) is 5. The molecule has 3 atom stereocenters. The summed E-state index contributed by atoms with van der Waals surface area (Å²) >= 11 is 0. The van der Waals surface area contributed by atoms with Crippen LogP contribution in [0.15, 0.2) is 12.2 Å². The number of ketones is 1. The predicted octanol–water partition coefficient (Wildman–Crippen LogP) is 1.12. The first-order valence-electron chi connectivity index (χ1n) is 5.88. The minimum Gasteiger partial charge on any atom is -0.468 e. The van der Waals surface area contributed by atoms with Crippen molar-refractivity contribution in [3.05, 3.63) is 12.2 Å². The lowest BCUT2D eigenvalue weighted by Gasteiger charge is -2.20. The Balaban J connectivity index is 2.75. The molecule has 1 aliphatic carbocycles. The van der Waals surface area contributed by atoms with Crippen molar-refractivity contribution in [1.29, 1.82) is 0 Å². The molecular formula is C13H18O5. The maximum absolute atomic E-state index is 11.7. The number of allylic oxidation sites excluding steroid dienone is 1. The number of carbonyl (C=O) groups excluding carboxylic acids is 3. The number of ether oxygens (including phenoxy) is 2. The Bertz CT molecular complexity index is 372. The SMILES string of the molecule is COC(=O)/C=C/[C@@H](C)[C@@H]1CCC(=O)[C@H]1C(=O)OC. The number of Topliss-reactive ketones (excluding diaryl/α,β-unsaturated/α-hetero) is 1. The monoisotopic (exact) mass is 254 g/mol. The molecule has 0 spiro atoms. The molecule has 0 heterocycles. The van der Waals surface area contributed by atoms with Crippen LogP contribution in [-0.4, -0.2) is 31.9 Å². The van der Waals surface area contributed by atoms with Crippen LogP contribution >= 0.6 is 0 Å². The van der Waals surface area contributed by atoms with Crippen LogP contribution in [0, 0.1) is 17.8 Å². The normalized spacial score (nSPS) is 25.2. The van der Waals surface area contributed by atoms with Crippen LogP contribution in [-0.2, 0) is 23.9 Å². The predicted molar refractivity (Wildman–Crippen MR) is 63.6 cm³/mol. The van der Waals surface area contributed by atoms with E-state index in [2.05, 4.69) is 9.47 Å². The Labute approximate surface area is 106 Å². The van der Waals surface area contributed by atoms with Crippen molar-refractivity contribution in [2.24, 2.45) is 17.8 Å². The third kappa shape index (κ3) is 3.18. The van der Waals surface area contributed by atoms with E-state index < -0.39 is 17.9 Å². The Morgan fingerprint density at radius 3 is 2.56 bits per heavy atom. The topological polar surface area (TPSA) is 69.7 Å². The Kier molecular flexibility index (Phi) is 5.07. The number of hydrogen-bond donors (Lipinski definition) is 0. The van der Waals surface area contributed by atoms with E-state index in [1.807, 2.05) is 6.92 Å². The van der Waals surface area contributed by atoms with Gasteiger partial charge < -0.3 is 9.47 Å². The fourth-order valence-corrected chi connectivity index (χ4v) is 2.31. The minimum atomic E-state index is -0.702. The van der Waals surface area contributed by atoms with Crippen LogP contribution in [0.3, 0.4) is 0 Å². The van der Waals surface area contributed by atoms with E-state index in [4.69, 9.17) is 0 Å². The zero-order valence-electron chi connectivity index (χ0n) is 10.8. The molecule has 1 saturated carbocycles. The number of carbonyl (C=O) groups is 3. The van der Waals surface area contributed by atoms with Crippen LogP contribution in [0.2, 0.25) is 0 Å². The molecule has 0 amide bonds. The average molecular weight is 254 g/mol. The van der Waals surface area contributed by atoms with Crippen molar-refractivity contribution in [2.75, 3.05) is 14.2 Å². The summed E-state index contributed by atoms with van der Waals surface area (Å²) < 4.78 is 9.15. The molecule has 5 nitrogen and oxygen atoms in total. The molecule has 0 aromatic carbocycles. The minimum absolute atomic E-state index is 0.0559. The van der Waals surface area contributed by atoms with Gasteiger partial charge in [-0.15, -0.1) is 0 Å². The number of methoxy groups -OCH3 is 2. The van der Waals surface area contributed by atoms with Gasteiger partial charge in [-0.25, -0.2) is 4.79 Å². The zero-order valence-corrected chi connectivity index (χ0v) is 10.8. The van der Waals surface area contributed by atoms with E-state index >= 15 is 0 Å². The lowest BCUT2D eigenvalue weighted by atomic mass is 9.84. The van der Waals surface area contributed by atoms with Crippen LogP contribution < -0.4 is 0 Å². The highest BCUT2D eigenvalue weighted by Crippen LogP contribution is 2.35. The third-order valence-corrected chi connectivity index (χ3v) is 3.37. The molecular weight excluding hydrogens is 236 g/mol. The zero-order chi connectivity index (χ0) is 13.7. The van der Waals surface area contributed by atoms with Crippen molar-refractivity contribution in [3.8, 4) is 0 Å². The van der Waals surface area contributed by atoms with E-state index in [-0.39, 0.29) is 17.6 Å². The second kappa shape index (κ2) is 6.33. The van der Waals surface area contributed by atoms with Crippen LogP contribution in [0.4, 0.5) is 0 Å². The summed E-state index contributed by atoms with van der Waals surface area (Å²) in [6, 6.07) is 0. The maximum Gasteiger partial charge on any atom is 0.330 e. The number of rotatable bonds is 4. The molecule has 18 heavy (non-hydrogen) atoms. The summed E-state index contributed by atoms with van der Waals surface area (Å²) in [6.45, 7) is 1.87.